The zero-order valence-corrected chi connectivity index (χ0v) is 10.4. The Morgan fingerprint density at radius 2 is 1.67 bits per heavy atom. The minimum atomic E-state index is 0.544. The van der Waals surface area contributed by atoms with E-state index in [4.69, 9.17) is 9.47 Å². The van der Waals surface area contributed by atoms with Crippen molar-refractivity contribution in [3.8, 4) is 11.5 Å². The zero-order valence-electron chi connectivity index (χ0n) is 10.4. The minimum Gasteiger partial charge on any atom is -0.496 e. The van der Waals surface area contributed by atoms with Crippen LogP contribution in [0.15, 0.2) is 60.7 Å². The Morgan fingerprint density at radius 3 is 2.44 bits per heavy atom. The van der Waals surface area contributed by atoms with E-state index in [2.05, 4.69) is 0 Å². The maximum atomic E-state index is 5.57. The first-order chi connectivity index (χ1) is 8.90. The fourth-order valence-corrected chi connectivity index (χ4v) is 1.64. The summed E-state index contributed by atoms with van der Waals surface area (Å²) in [6, 6.07) is 17.7. The van der Waals surface area contributed by atoms with Gasteiger partial charge < -0.3 is 9.47 Å². The Morgan fingerprint density at radius 1 is 0.944 bits per heavy atom. The van der Waals surface area contributed by atoms with Gasteiger partial charge in [-0.1, -0.05) is 42.5 Å². The maximum absolute atomic E-state index is 5.57. The number of para-hydroxylation sites is 2. The van der Waals surface area contributed by atoms with Crippen LogP contribution in [0, 0.1) is 0 Å². The van der Waals surface area contributed by atoms with Crippen LogP contribution < -0.4 is 9.47 Å². The van der Waals surface area contributed by atoms with Crippen LogP contribution in [0.25, 0.3) is 6.08 Å². The Balaban J connectivity index is 1.92. The molecular formula is C16H16O2. The highest BCUT2D eigenvalue weighted by Crippen LogP contribution is 2.18. The zero-order chi connectivity index (χ0) is 12.6. The third kappa shape index (κ3) is 3.39. The summed E-state index contributed by atoms with van der Waals surface area (Å²) in [6.45, 7) is 0.544. The highest BCUT2D eigenvalue weighted by molar-refractivity contribution is 5.57. The molecule has 2 aromatic rings. The Kier molecular flexibility index (Phi) is 4.42. The quantitative estimate of drug-likeness (QED) is 0.791. The summed E-state index contributed by atoms with van der Waals surface area (Å²) < 4.78 is 10.8. The first kappa shape index (κ1) is 12.2. The molecule has 0 heterocycles. The van der Waals surface area contributed by atoms with Crippen LogP contribution in [-0.4, -0.2) is 13.7 Å². The summed E-state index contributed by atoms with van der Waals surface area (Å²) in [6.07, 6.45) is 3.98. The minimum absolute atomic E-state index is 0.544. The lowest BCUT2D eigenvalue weighted by Gasteiger charge is -2.04. The van der Waals surface area contributed by atoms with E-state index in [1.165, 1.54) is 0 Å². The summed E-state index contributed by atoms with van der Waals surface area (Å²) in [4.78, 5) is 0. The lowest BCUT2D eigenvalue weighted by Crippen LogP contribution is -1.92. The highest BCUT2D eigenvalue weighted by Gasteiger charge is 1.96. The van der Waals surface area contributed by atoms with Gasteiger partial charge >= 0.3 is 0 Å². The molecule has 0 atom stereocenters. The molecule has 0 aromatic heterocycles. The van der Waals surface area contributed by atoms with Gasteiger partial charge in [0.2, 0.25) is 0 Å². The van der Waals surface area contributed by atoms with Crippen LogP contribution in [0.2, 0.25) is 0 Å². The van der Waals surface area contributed by atoms with Crippen molar-refractivity contribution in [2.45, 2.75) is 0 Å². The Bertz CT molecular complexity index is 504. The summed E-state index contributed by atoms with van der Waals surface area (Å²) in [5.74, 6) is 1.75. The van der Waals surface area contributed by atoms with Crippen molar-refractivity contribution in [2.24, 2.45) is 0 Å². The summed E-state index contributed by atoms with van der Waals surface area (Å²) >= 11 is 0. The second-order valence-corrected chi connectivity index (χ2v) is 3.77. The normalized spacial score (nSPS) is 10.5. The van der Waals surface area contributed by atoms with E-state index in [1.807, 2.05) is 66.7 Å². The molecule has 0 amide bonds. The number of methoxy groups -OCH3 is 1. The van der Waals surface area contributed by atoms with Gasteiger partial charge in [0.15, 0.2) is 0 Å². The smallest absolute Gasteiger partial charge is 0.126 e. The van der Waals surface area contributed by atoms with Crippen molar-refractivity contribution < 1.29 is 9.47 Å². The van der Waals surface area contributed by atoms with E-state index in [0.29, 0.717) is 6.61 Å². The van der Waals surface area contributed by atoms with Crippen molar-refractivity contribution in [2.75, 3.05) is 13.7 Å². The van der Waals surface area contributed by atoms with Crippen molar-refractivity contribution in [3.05, 3.63) is 66.2 Å². The summed E-state index contributed by atoms with van der Waals surface area (Å²) in [7, 11) is 1.67. The first-order valence-corrected chi connectivity index (χ1v) is 5.87. The van der Waals surface area contributed by atoms with Gasteiger partial charge in [0.05, 0.1) is 7.11 Å². The van der Waals surface area contributed by atoms with E-state index in [-0.39, 0.29) is 0 Å². The average Bonchev–Trinajstić information content (AvgIpc) is 2.45. The molecule has 0 spiro atoms. The second kappa shape index (κ2) is 6.50. The van der Waals surface area contributed by atoms with E-state index >= 15 is 0 Å². The Labute approximate surface area is 107 Å². The first-order valence-electron chi connectivity index (χ1n) is 5.87. The van der Waals surface area contributed by atoms with E-state index in [1.54, 1.807) is 7.11 Å². The molecule has 92 valence electrons. The number of benzene rings is 2. The molecular weight excluding hydrogens is 224 g/mol. The van der Waals surface area contributed by atoms with Crippen LogP contribution in [-0.2, 0) is 0 Å². The molecule has 0 radical (unpaired) electrons. The molecule has 2 aromatic carbocycles. The molecule has 2 heteroatoms. The third-order valence-electron chi connectivity index (χ3n) is 2.53. The maximum Gasteiger partial charge on any atom is 0.126 e. The van der Waals surface area contributed by atoms with Gasteiger partial charge in [-0.15, -0.1) is 0 Å². The van der Waals surface area contributed by atoms with Gasteiger partial charge in [-0.05, 0) is 24.3 Å². The van der Waals surface area contributed by atoms with E-state index < -0.39 is 0 Å². The topological polar surface area (TPSA) is 18.5 Å². The summed E-state index contributed by atoms with van der Waals surface area (Å²) in [5.41, 5.74) is 1.05. The van der Waals surface area contributed by atoms with Crippen molar-refractivity contribution in [1.29, 1.82) is 0 Å². The van der Waals surface area contributed by atoms with Gasteiger partial charge in [0, 0.05) is 5.56 Å². The van der Waals surface area contributed by atoms with Crippen LogP contribution >= 0.6 is 0 Å². The molecule has 0 aliphatic rings. The van der Waals surface area contributed by atoms with Gasteiger partial charge in [-0.2, -0.15) is 0 Å². The molecule has 0 bridgehead atoms. The third-order valence-corrected chi connectivity index (χ3v) is 2.53. The van der Waals surface area contributed by atoms with Gasteiger partial charge in [0.1, 0.15) is 18.1 Å². The van der Waals surface area contributed by atoms with Gasteiger partial charge in [-0.3, -0.25) is 0 Å². The van der Waals surface area contributed by atoms with Crippen LogP contribution in [0.5, 0.6) is 11.5 Å². The van der Waals surface area contributed by atoms with Gasteiger partial charge in [0.25, 0.3) is 0 Å². The fraction of sp³-hybridized carbons (Fsp3) is 0.125. The monoisotopic (exact) mass is 240 g/mol. The van der Waals surface area contributed by atoms with Crippen LogP contribution in [0.3, 0.4) is 0 Å². The molecule has 0 saturated heterocycles. The number of hydrogen-bond acceptors (Lipinski definition) is 2. The predicted octanol–water partition coefficient (Wildman–Crippen LogP) is 3.79. The molecule has 2 rings (SSSR count). The standard InChI is InChI=1S/C16H16O2/c1-17-16-12-6-5-8-14(16)9-7-13-18-15-10-3-2-4-11-15/h2-12H,13H2,1H3/b9-7+. The number of ether oxygens (including phenoxy) is 2. The highest BCUT2D eigenvalue weighted by atomic mass is 16.5. The molecule has 0 aliphatic heterocycles. The lowest BCUT2D eigenvalue weighted by atomic mass is 10.2. The van der Waals surface area contributed by atoms with Crippen LogP contribution in [0.1, 0.15) is 5.56 Å². The predicted molar refractivity (Wildman–Crippen MR) is 74.0 cm³/mol. The Hall–Kier alpha value is -2.22. The summed E-state index contributed by atoms with van der Waals surface area (Å²) in [5, 5.41) is 0. The molecule has 0 saturated carbocycles. The van der Waals surface area contributed by atoms with Crippen molar-refractivity contribution in [1.82, 2.24) is 0 Å². The molecule has 0 fully saturated rings. The SMILES string of the molecule is COc1ccccc1/C=C/COc1ccccc1. The average molecular weight is 240 g/mol. The van der Waals surface area contributed by atoms with Crippen molar-refractivity contribution in [3.63, 3.8) is 0 Å². The van der Waals surface area contributed by atoms with E-state index in [0.717, 1.165) is 17.1 Å². The van der Waals surface area contributed by atoms with E-state index in [9.17, 15) is 0 Å². The largest absolute Gasteiger partial charge is 0.496 e. The lowest BCUT2D eigenvalue weighted by molar-refractivity contribution is 0.363. The van der Waals surface area contributed by atoms with Gasteiger partial charge in [-0.25, -0.2) is 0 Å². The second-order valence-electron chi connectivity index (χ2n) is 3.77. The number of rotatable bonds is 5. The fourth-order valence-electron chi connectivity index (χ4n) is 1.64. The molecule has 18 heavy (non-hydrogen) atoms. The molecule has 0 aliphatic carbocycles. The molecule has 0 N–H and O–H groups in total. The number of hydrogen-bond donors (Lipinski definition) is 0. The van der Waals surface area contributed by atoms with Crippen LogP contribution in [0.4, 0.5) is 0 Å². The molecule has 0 unspecified atom stereocenters. The van der Waals surface area contributed by atoms with Crippen molar-refractivity contribution >= 4 is 6.08 Å². The molecule has 2 nitrogen and oxygen atoms in total.